The number of pyridine rings is 2. The van der Waals surface area contributed by atoms with Crippen molar-refractivity contribution in [1.82, 2.24) is 19.5 Å². The van der Waals surface area contributed by atoms with Gasteiger partial charge in [-0.1, -0.05) is 0 Å². The van der Waals surface area contributed by atoms with Crippen LogP contribution >= 0.6 is 0 Å². The molecule has 3 aromatic heterocycles. The van der Waals surface area contributed by atoms with E-state index in [2.05, 4.69) is 47.4 Å². The smallest absolute Gasteiger partial charge is 0.160 e. The number of rotatable bonds is 6. The van der Waals surface area contributed by atoms with Crippen molar-refractivity contribution in [2.24, 2.45) is 0 Å². The Morgan fingerprint density at radius 1 is 1.11 bits per heavy atom. The summed E-state index contributed by atoms with van der Waals surface area (Å²) in [6, 6.07) is 7.34. The Hall–Kier alpha value is -2.47. The van der Waals surface area contributed by atoms with Crippen LogP contribution in [0.1, 0.15) is 39.2 Å². The van der Waals surface area contributed by atoms with Gasteiger partial charge >= 0.3 is 0 Å². The van der Waals surface area contributed by atoms with E-state index >= 15 is 0 Å². The number of hydrogen-bond acceptors (Lipinski definition) is 5. The molecule has 0 unspecified atom stereocenters. The molecule has 3 aromatic rings. The van der Waals surface area contributed by atoms with Crippen LogP contribution in [-0.2, 0) is 11.3 Å². The van der Waals surface area contributed by atoms with Gasteiger partial charge in [-0.2, -0.15) is 0 Å². The second-order valence-electron chi connectivity index (χ2n) is 7.67. The van der Waals surface area contributed by atoms with Crippen molar-refractivity contribution in [1.29, 1.82) is 0 Å². The third-order valence-electron chi connectivity index (χ3n) is 5.72. The third-order valence-corrected chi connectivity index (χ3v) is 5.72. The van der Waals surface area contributed by atoms with Gasteiger partial charge in [-0.05, 0) is 64.3 Å². The Labute approximate surface area is 166 Å². The number of ether oxygens (including phenoxy) is 1. The summed E-state index contributed by atoms with van der Waals surface area (Å²) in [5.41, 5.74) is 3.99. The van der Waals surface area contributed by atoms with Gasteiger partial charge in [-0.25, -0.2) is 15.0 Å². The van der Waals surface area contributed by atoms with Gasteiger partial charge in [0.2, 0.25) is 0 Å². The summed E-state index contributed by atoms with van der Waals surface area (Å²) in [5, 5.41) is 0. The summed E-state index contributed by atoms with van der Waals surface area (Å²) < 4.78 is 7.74. The van der Waals surface area contributed by atoms with Crippen LogP contribution in [0.25, 0.3) is 22.6 Å². The van der Waals surface area contributed by atoms with E-state index in [1.165, 1.54) is 12.8 Å². The second kappa shape index (κ2) is 7.87. The van der Waals surface area contributed by atoms with Crippen LogP contribution in [0, 0.1) is 6.92 Å². The third kappa shape index (κ3) is 3.37. The fourth-order valence-electron chi connectivity index (χ4n) is 4.19. The van der Waals surface area contributed by atoms with Crippen LogP contribution < -0.4 is 4.90 Å². The lowest BCUT2D eigenvalue weighted by molar-refractivity contribution is 0.140. The van der Waals surface area contributed by atoms with Crippen molar-refractivity contribution in [3.05, 3.63) is 36.2 Å². The molecule has 0 radical (unpaired) electrons. The van der Waals surface area contributed by atoms with E-state index in [0.717, 1.165) is 40.5 Å². The van der Waals surface area contributed by atoms with E-state index in [1.54, 1.807) is 0 Å². The zero-order chi connectivity index (χ0) is 19.7. The average Bonchev–Trinajstić information content (AvgIpc) is 3.23. The molecular weight excluding hydrogens is 350 g/mol. The Morgan fingerprint density at radius 2 is 1.89 bits per heavy atom. The minimum absolute atomic E-state index is 0.538. The molecule has 6 heteroatoms. The minimum atomic E-state index is 0.538. The van der Waals surface area contributed by atoms with Crippen molar-refractivity contribution in [2.45, 2.75) is 59.2 Å². The lowest BCUT2D eigenvalue weighted by Crippen LogP contribution is -2.33. The zero-order valence-corrected chi connectivity index (χ0v) is 17.2. The predicted octanol–water partition coefficient (Wildman–Crippen LogP) is 4.22. The first kappa shape index (κ1) is 18.9. The summed E-state index contributed by atoms with van der Waals surface area (Å²) >= 11 is 0. The molecule has 4 rings (SSSR count). The largest absolute Gasteiger partial charge is 0.380 e. The number of imidazole rings is 1. The van der Waals surface area contributed by atoms with E-state index in [9.17, 15) is 0 Å². The molecule has 1 aliphatic rings. The molecule has 28 heavy (non-hydrogen) atoms. The number of anilines is 1. The topological polar surface area (TPSA) is 56.1 Å². The molecule has 0 spiro atoms. The highest BCUT2D eigenvalue weighted by molar-refractivity contribution is 5.80. The Morgan fingerprint density at radius 3 is 2.57 bits per heavy atom. The fourth-order valence-corrected chi connectivity index (χ4v) is 4.19. The maximum Gasteiger partial charge on any atom is 0.160 e. The summed E-state index contributed by atoms with van der Waals surface area (Å²) in [6.07, 6.45) is 6.24. The highest BCUT2D eigenvalue weighted by Crippen LogP contribution is 2.31. The molecule has 0 aliphatic carbocycles. The van der Waals surface area contributed by atoms with E-state index in [4.69, 9.17) is 14.7 Å². The molecule has 0 N–H and O–H groups in total. The average molecular weight is 380 g/mol. The molecule has 4 heterocycles. The van der Waals surface area contributed by atoms with Crippen LogP contribution in [0.15, 0.2) is 30.6 Å². The van der Waals surface area contributed by atoms with Crippen molar-refractivity contribution in [2.75, 3.05) is 18.1 Å². The fraction of sp³-hybridized carbons (Fsp3) is 0.500. The standard InChI is InChI=1S/C22H29N5O/c1-5-28-13-12-26-21(25-20-15(2)10-11-23-22(20)26)18-8-9-19(24-14-18)27-16(3)6-7-17(27)4/h8-11,14,16-17H,5-7,12-13H2,1-4H3/t16-,17-/m0/s1. The maximum absolute atomic E-state index is 5.59. The van der Waals surface area contributed by atoms with E-state index in [1.807, 2.05) is 25.4 Å². The van der Waals surface area contributed by atoms with Crippen molar-refractivity contribution < 1.29 is 4.74 Å². The first-order chi connectivity index (χ1) is 13.6. The minimum Gasteiger partial charge on any atom is -0.380 e. The summed E-state index contributed by atoms with van der Waals surface area (Å²) in [4.78, 5) is 16.7. The van der Waals surface area contributed by atoms with Gasteiger partial charge in [0.1, 0.15) is 17.2 Å². The molecule has 2 atom stereocenters. The van der Waals surface area contributed by atoms with Crippen LogP contribution in [-0.4, -0.2) is 44.8 Å². The van der Waals surface area contributed by atoms with Crippen LogP contribution in [0.4, 0.5) is 5.82 Å². The van der Waals surface area contributed by atoms with Crippen LogP contribution in [0.5, 0.6) is 0 Å². The summed E-state index contributed by atoms with van der Waals surface area (Å²) in [6.45, 7) is 10.7. The summed E-state index contributed by atoms with van der Waals surface area (Å²) in [7, 11) is 0. The number of hydrogen-bond donors (Lipinski definition) is 0. The maximum atomic E-state index is 5.59. The Balaban J connectivity index is 1.71. The quantitative estimate of drug-likeness (QED) is 0.600. The lowest BCUT2D eigenvalue weighted by atomic mass is 10.2. The van der Waals surface area contributed by atoms with E-state index < -0.39 is 0 Å². The molecular formula is C22H29N5O. The monoisotopic (exact) mass is 379 g/mol. The van der Waals surface area contributed by atoms with Gasteiger partial charge in [0.05, 0.1) is 6.61 Å². The molecule has 0 amide bonds. The Bertz CT molecular complexity index is 939. The van der Waals surface area contributed by atoms with Gasteiger partial charge in [0, 0.05) is 43.2 Å². The molecule has 1 fully saturated rings. The number of nitrogens with zero attached hydrogens (tertiary/aromatic N) is 5. The number of fused-ring (bicyclic) bond motifs is 1. The van der Waals surface area contributed by atoms with Gasteiger partial charge < -0.3 is 14.2 Å². The molecule has 0 bridgehead atoms. The van der Waals surface area contributed by atoms with E-state index in [0.29, 0.717) is 25.3 Å². The SMILES string of the molecule is CCOCCn1c(-c2ccc(N3[C@@H](C)CC[C@@H]3C)nc2)nc2c(C)ccnc21. The van der Waals surface area contributed by atoms with Crippen molar-refractivity contribution >= 4 is 17.0 Å². The predicted molar refractivity (Wildman–Crippen MR) is 113 cm³/mol. The molecule has 1 saturated heterocycles. The molecule has 148 valence electrons. The number of aryl methyl sites for hydroxylation is 1. The van der Waals surface area contributed by atoms with Gasteiger partial charge in [-0.15, -0.1) is 0 Å². The molecule has 0 aromatic carbocycles. The molecule has 1 aliphatic heterocycles. The van der Waals surface area contributed by atoms with Crippen molar-refractivity contribution in [3.63, 3.8) is 0 Å². The summed E-state index contributed by atoms with van der Waals surface area (Å²) in [5.74, 6) is 1.95. The highest BCUT2D eigenvalue weighted by atomic mass is 16.5. The second-order valence-corrected chi connectivity index (χ2v) is 7.67. The van der Waals surface area contributed by atoms with Crippen LogP contribution in [0.2, 0.25) is 0 Å². The highest BCUT2D eigenvalue weighted by Gasteiger charge is 2.28. The normalized spacial score (nSPS) is 19.6. The molecule has 6 nitrogen and oxygen atoms in total. The zero-order valence-electron chi connectivity index (χ0n) is 17.2. The van der Waals surface area contributed by atoms with E-state index in [-0.39, 0.29) is 0 Å². The molecule has 0 saturated carbocycles. The van der Waals surface area contributed by atoms with Crippen molar-refractivity contribution in [3.8, 4) is 11.4 Å². The number of aromatic nitrogens is 4. The van der Waals surface area contributed by atoms with Gasteiger partial charge in [0.25, 0.3) is 0 Å². The lowest BCUT2D eigenvalue weighted by Gasteiger charge is -2.27. The van der Waals surface area contributed by atoms with Crippen LogP contribution in [0.3, 0.4) is 0 Å². The Kier molecular flexibility index (Phi) is 5.31. The first-order valence-corrected chi connectivity index (χ1v) is 10.2. The first-order valence-electron chi connectivity index (χ1n) is 10.2. The van der Waals surface area contributed by atoms with Gasteiger partial charge in [-0.3, -0.25) is 0 Å². The van der Waals surface area contributed by atoms with Gasteiger partial charge in [0.15, 0.2) is 5.65 Å².